The Morgan fingerprint density at radius 3 is 2.62 bits per heavy atom. The molecule has 1 rings (SSSR count). The Bertz CT molecular complexity index is 376. The van der Waals surface area contributed by atoms with Crippen LogP contribution in [0.5, 0.6) is 0 Å². The van der Waals surface area contributed by atoms with E-state index in [-0.39, 0.29) is 6.04 Å². The number of hydrazine groups is 1. The molecule has 0 aliphatic heterocycles. The van der Waals surface area contributed by atoms with Gasteiger partial charge in [0, 0.05) is 6.04 Å². The Morgan fingerprint density at radius 1 is 1.38 bits per heavy atom. The highest BCUT2D eigenvalue weighted by molar-refractivity contribution is 5.31. The summed E-state index contributed by atoms with van der Waals surface area (Å²) in [6.45, 7) is 8.44. The molecule has 0 bridgehead atoms. The van der Waals surface area contributed by atoms with Gasteiger partial charge in [0.15, 0.2) is 0 Å². The van der Waals surface area contributed by atoms with E-state index >= 15 is 0 Å². The minimum absolute atomic E-state index is 0.213. The van der Waals surface area contributed by atoms with Crippen LogP contribution in [0.15, 0.2) is 29.8 Å². The molecule has 0 radical (unpaired) electrons. The monoisotopic (exact) mass is 218 g/mol. The quantitative estimate of drug-likeness (QED) is 0.463. The summed E-state index contributed by atoms with van der Waals surface area (Å²) in [5, 5.41) is 0. The first-order valence-corrected chi connectivity index (χ1v) is 5.70. The van der Waals surface area contributed by atoms with Crippen molar-refractivity contribution in [3.63, 3.8) is 0 Å². The molecule has 16 heavy (non-hydrogen) atoms. The van der Waals surface area contributed by atoms with Crippen molar-refractivity contribution in [1.82, 2.24) is 5.43 Å². The number of aryl methyl sites for hydroxylation is 2. The van der Waals surface area contributed by atoms with Gasteiger partial charge in [-0.25, -0.2) is 0 Å². The van der Waals surface area contributed by atoms with Gasteiger partial charge in [0.1, 0.15) is 0 Å². The molecular weight excluding hydrogens is 196 g/mol. The van der Waals surface area contributed by atoms with Crippen molar-refractivity contribution < 1.29 is 0 Å². The van der Waals surface area contributed by atoms with Crippen LogP contribution in [0.2, 0.25) is 0 Å². The van der Waals surface area contributed by atoms with Crippen molar-refractivity contribution in [2.24, 2.45) is 5.84 Å². The van der Waals surface area contributed by atoms with Crippen molar-refractivity contribution in [3.8, 4) is 0 Å². The first kappa shape index (κ1) is 12.9. The van der Waals surface area contributed by atoms with Gasteiger partial charge >= 0.3 is 0 Å². The normalized spacial score (nSPS) is 12.3. The van der Waals surface area contributed by atoms with Crippen LogP contribution in [-0.2, 0) is 6.42 Å². The van der Waals surface area contributed by atoms with Crippen LogP contribution in [0.25, 0.3) is 0 Å². The van der Waals surface area contributed by atoms with Gasteiger partial charge in [0.05, 0.1) is 0 Å². The Hall–Kier alpha value is -1.12. The van der Waals surface area contributed by atoms with Crippen LogP contribution in [0, 0.1) is 13.8 Å². The minimum Gasteiger partial charge on any atom is -0.271 e. The highest BCUT2D eigenvalue weighted by Gasteiger charge is 2.06. The zero-order chi connectivity index (χ0) is 12.1. The van der Waals surface area contributed by atoms with E-state index in [1.165, 1.54) is 22.3 Å². The van der Waals surface area contributed by atoms with Crippen molar-refractivity contribution >= 4 is 0 Å². The van der Waals surface area contributed by atoms with E-state index < -0.39 is 0 Å². The maximum atomic E-state index is 5.56. The summed E-state index contributed by atoms with van der Waals surface area (Å²) >= 11 is 0. The molecular formula is C14H22N2. The lowest BCUT2D eigenvalue weighted by Gasteiger charge is -2.14. The second kappa shape index (κ2) is 5.83. The zero-order valence-corrected chi connectivity index (χ0v) is 10.7. The summed E-state index contributed by atoms with van der Waals surface area (Å²) in [7, 11) is 0. The summed E-state index contributed by atoms with van der Waals surface area (Å²) < 4.78 is 0. The zero-order valence-electron chi connectivity index (χ0n) is 10.7. The van der Waals surface area contributed by atoms with E-state index in [0.29, 0.717) is 0 Å². The lowest BCUT2D eigenvalue weighted by molar-refractivity contribution is 0.612. The van der Waals surface area contributed by atoms with E-state index in [0.717, 1.165) is 6.42 Å². The highest BCUT2D eigenvalue weighted by atomic mass is 15.2. The number of benzene rings is 1. The molecule has 0 aromatic heterocycles. The number of hydrogen-bond donors (Lipinski definition) is 2. The number of hydrogen-bond acceptors (Lipinski definition) is 2. The van der Waals surface area contributed by atoms with Gasteiger partial charge in [-0.1, -0.05) is 35.4 Å². The molecule has 1 atom stereocenters. The second-order valence-electron chi connectivity index (χ2n) is 4.65. The molecule has 0 saturated heterocycles. The molecule has 2 nitrogen and oxygen atoms in total. The molecule has 0 aliphatic rings. The number of nitrogens with two attached hydrogens (primary N) is 1. The average molecular weight is 218 g/mol. The number of rotatable bonds is 4. The molecule has 2 heteroatoms. The van der Waals surface area contributed by atoms with Crippen LogP contribution in [0.4, 0.5) is 0 Å². The van der Waals surface area contributed by atoms with Crippen LogP contribution in [-0.4, -0.2) is 6.04 Å². The third kappa shape index (κ3) is 3.80. The minimum atomic E-state index is 0.213. The first-order valence-electron chi connectivity index (χ1n) is 5.70. The summed E-state index contributed by atoms with van der Waals surface area (Å²) in [4.78, 5) is 0. The van der Waals surface area contributed by atoms with Crippen LogP contribution >= 0.6 is 0 Å². The van der Waals surface area contributed by atoms with Gasteiger partial charge in [-0.05, 0) is 45.2 Å². The fourth-order valence-electron chi connectivity index (χ4n) is 1.83. The molecule has 1 aromatic carbocycles. The number of nitrogens with one attached hydrogen (secondary N) is 1. The predicted octanol–water partition coefficient (Wildman–Crippen LogP) is 2.64. The van der Waals surface area contributed by atoms with Crippen LogP contribution in [0.1, 0.15) is 30.5 Å². The van der Waals surface area contributed by atoms with Crippen LogP contribution in [0.3, 0.4) is 0 Å². The van der Waals surface area contributed by atoms with E-state index in [4.69, 9.17) is 5.84 Å². The summed E-state index contributed by atoms with van der Waals surface area (Å²) in [5.41, 5.74) is 8.13. The Kier molecular flexibility index (Phi) is 4.71. The summed E-state index contributed by atoms with van der Waals surface area (Å²) in [6.07, 6.45) is 3.11. The maximum Gasteiger partial charge on any atom is 0.0433 e. The average Bonchev–Trinajstić information content (AvgIpc) is 2.21. The van der Waals surface area contributed by atoms with Gasteiger partial charge in [0.2, 0.25) is 0 Å². The fourth-order valence-corrected chi connectivity index (χ4v) is 1.83. The van der Waals surface area contributed by atoms with Crippen molar-refractivity contribution in [3.05, 3.63) is 46.5 Å². The standard InChI is InChI=1S/C14H22N2/c1-10(2)7-14(16-15)9-13-8-11(3)5-6-12(13)4/h5-8,14,16H,9,15H2,1-4H3. The molecule has 1 aromatic rings. The Labute approximate surface area is 98.5 Å². The van der Waals surface area contributed by atoms with Gasteiger partial charge < -0.3 is 0 Å². The lowest BCUT2D eigenvalue weighted by atomic mass is 9.98. The van der Waals surface area contributed by atoms with E-state index in [9.17, 15) is 0 Å². The molecule has 88 valence electrons. The smallest absolute Gasteiger partial charge is 0.0433 e. The molecule has 1 unspecified atom stereocenters. The van der Waals surface area contributed by atoms with Gasteiger partial charge in [-0.15, -0.1) is 0 Å². The lowest BCUT2D eigenvalue weighted by Crippen LogP contribution is -2.35. The first-order chi connectivity index (χ1) is 7.52. The molecule has 0 aliphatic carbocycles. The van der Waals surface area contributed by atoms with Crippen molar-refractivity contribution in [2.75, 3.05) is 0 Å². The molecule has 0 saturated carbocycles. The Morgan fingerprint density at radius 2 is 2.06 bits per heavy atom. The van der Waals surface area contributed by atoms with Gasteiger partial charge in [-0.2, -0.15) is 0 Å². The third-order valence-corrected chi connectivity index (χ3v) is 2.69. The topological polar surface area (TPSA) is 38.0 Å². The van der Waals surface area contributed by atoms with Crippen molar-refractivity contribution in [1.29, 1.82) is 0 Å². The van der Waals surface area contributed by atoms with Gasteiger partial charge in [-0.3, -0.25) is 11.3 Å². The van der Waals surface area contributed by atoms with Gasteiger partial charge in [0.25, 0.3) is 0 Å². The maximum absolute atomic E-state index is 5.56. The summed E-state index contributed by atoms with van der Waals surface area (Å²) in [6, 6.07) is 6.76. The second-order valence-corrected chi connectivity index (χ2v) is 4.65. The van der Waals surface area contributed by atoms with E-state index in [1.54, 1.807) is 0 Å². The molecule has 0 amide bonds. The Balaban J connectivity index is 2.85. The fraction of sp³-hybridized carbons (Fsp3) is 0.429. The molecule has 0 fully saturated rings. The van der Waals surface area contributed by atoms with E-state index in [2.05, 4.69) is 57.4 Å². The summed E-state index contributed by atoms with van der Waals surface area (Å²) in [5.74, 6) is 5.56. The predicted molar refractivity (Wildman–Crippen MR) is 70.2 cm³/mol. The van der Waals surface area contributed by atoms with Crippen LogP contribution < -0.4 is 11.3 Å². The third-order valence-electron chi connectivity index (χ3n) is 2.69. The molecule has 0 spiro atoms. The largest absolute Gasteiger partial charge is 0.271 e. The SMILES string of the molecule is CC(C)=CC(Cc1cc(C)ccc1C)NN. The highest BCUT2D eigenvalue weighted by Crippen LogP contribution is 2.13. The molecule has 3 N–H and O–H groups in total. The number of allylic oxidation sites excluding steroid dienone is 1. The van der Waals surface area contributed by atoms with E-state index in [1.807, 2.05) is 0 Å². The molecule has 0 heterocycles. The van der Waals surface area contributed by atoms with Crippen molar-refractivity contribution in [2.45, 2.75) is 40.2 Å².